The lowest BCUT2D eigenvalue weighted by Gasteiger charge is -2.28. The van der Waals surface area contributed by atoms with Crippen LogP contribution in [-0.2, 0) is 10.0 Å². The lowest BCUT2D eigenvalue weighted by molar-refractivity contribution is 0.417. The van der Waals surface area contributed by atoms with E-state index >= 15 is 0 Å². The lowest BCUT2D eigenvalue weighted by atomic mass is 9.99. The zero-order valence-electron chi connectivity index (χ0n) is 16.0. The molecule has 0 unspecified atom stereocenters. The number of benzene rings is 3. The van der Waals surface area contributed by atoms with Crippen molar-refractivity contribution in [3.63, 3.8) is 0 Å². The molecule has 7 heteroatoms. The van der Waals surface area contributed by atoms with Crippen LogP contribution in [0.25, 0.3) is 11.0 Å². The highest BCUT2D eigenvalue weighted by atomic mass is 32.2. The zero-order valence-corrected chi connectivity index (χ0v) is 16.8. The van der Waals surface area contributed by atoms with Crippen molar-refractivity contribution in [2.75, 3.05) is 7.05 Å². The Bertz CT molecular complexity index is 1350. The molecule has 1 heterocycles. The molecule has 5 nitrogen and oxygen atoms in total. The number of rotatable bonds is 5. The van der Waals surface area contributed by atoms with E-state index in [1.807, 2.05) is 30.3 Å². The number of sulfonamides is 1. The van der Waals surface area contributed by atoms with Crippen molar-refractivity contribution < 1.29 is 17.2 Å². The van der Waals surface area contributed by atoms with Gasteiger partial charge in [0.2, 0.25) is 10.0 Å². The summed E-state index contributed by atoms with van der Waals surface area (Å²) in [6.45, 7) is 0. The van der Waals surface area contributed by atoms with E-state index in [0.29, 0.717) is 16.5 Å². The number of hydrogen-bond donors (Lipinski definition) is 0. The van der Waals surface area contributed by atoms with Gasteiger partial charge in [-0.1, -0.05) is 42.5 Å². The average Bonchev–Trinajstić information content (AvgIpc) is 2.75. The third-order valence-corrected chi connectivity index (χ3v) is 6.75. The minimum absolute atomic E-state index is 0.0643. The van der Waals surface area contributed by atoms with Gasteiger partial charge in [-0.25, -0.2) is 17.6 Å². The van der Waals surface area contributed by atoms with Crippen LogP contribution in [0.4, 0.5) is 4.39 Å². The van der Waals surface area contributed by atoms with E-state index in [1.165, 1.54) is 53.8 Å². The number of hydrogen-bond acceptors (Lipinski definition) is 4. The van der Waals surface area contributed by atoms with Crippen molar-refractivity contribution in [3.05, 3.63) is 112 Å². The summed E-state index contributed by atoms with van der Waals surface area (Å²) in [5, 5.41) is 0.502. The Morgan fingerprint density at radius 2 is 1.53 bits per heavy atom. The molecule has 0 fully saturated rings. The topological polar surface area (TPSA) is 67.6 Å². The van der Waals surface area contributed by atoms with Gasteiger partial charge in [0.15, 0.2) is 0 Å². The average molecular weight is 423 g/mol. The summed E-state index contributed by atoms with van der Waals surface area (Å²) in [4.78, 5) is 11.4. The van der Waals surface area contributed by atoms with Crippen LogP contribution in [0.15, 0.2) is 99.0 Å². The van der Waals surface area contributed by atoms with Gasteiger partial charge in [0.25, 0.3) is 0 Å². The fourth-order valence-corrected chi connectivity index (χ4v) is 4.78. The van der Waals surface area contributed by atoms with Crippen LogP contribution in [-0.4, -0.2) is 19.8 Å². The molecule has 0 N–H and O–H groups in total. The summed E-state index contributed by atoms with van der Waals surface area (Å²) < 4.78 is 46.7. The molecular formula is C23H18FNO4S. The van der Waals surface area contributed by atoms with E-state index < -0.39 is 27.5 Å². The monoisotopic (exact) mass is 423 g/mol. The second-order valence-electron chi connectivity index (χ2n) is 6.84. The Balaban J connectivity index is 1.82. The minimum atomic E-state index is -3.93. The van der Waals surface area contributed by atoms with Crippen molar-refractivity contribution in [2.24, 2.45) is 0 Å². The minimum Gasteiger partial charge on any atom is -0.423 e. The predicted molar refractivity (Wildman–Crippen MR) is 112 cm³/mol. The molecule has 0 radical (unpaired) electrons. The van der Waals surface area contributed by atoms with Crippen LogP contribution in [0, 0.1) is 5.82 Å². The highest BCUT2D eigenvalue weighted by molar-refractivity contribution is 7.89. The van der Waals surface area contributed by atoms with Crippen molar-refractivity contribution in [3.8, 4) is 0 Å². The van der Waals surface area contributed by atoms with Gasteiger partial charge < -0.3 is 4.42 Å². The largest absolute Gasteiger partial charge is 0.423 e. The van der Waals surface area contributed by atoms with Gasteiger partial charge in [0, 0.05) is 18.5 Å². The molecule has 1 atom stereocenters. The van der Waals surface area contributed by atoms with E-state index in [1.54, 1.807) is 12.1 Å². The molecule has 0 spiro atoms. The van der Waals surface area contributed by atoms with Crippen LogP contribution in [0.3, 0.4) is 0 Å². The van der Waals surface area contributed by atoms with Crippen molar-refractivity contribution >= 4 is 21.0 Å². The van der Waals surface area contributed by atoms with Crippen molar-refractivity contribution in [1.29, 1.82) is 0 Å². The number of nitrogens with zero attached hydrogens (tertiary/aromatic N) is 1. The summed E-state index contributed by atoms with van der Waals surface area (Å²) in [7, 11) is -2.43. The van der Waals surface area contributed by atoms with Gasteiger partial charge in [-0.3, -0.25) is 0 Å². The summed E-state index contributed by atoms with van der Waals surface area (Å²) in [6, 6.07) is 21.4. The van der Waals surface area contributed by atoms with Gasteiger partial charge in [-0.2, -0.15) is 4.31 Å². The van der Waals surface area contributed by atoms with Gasteiger partial charge >= 0.3 is 5.63 Å². The van der Waals surface area contributed by atoms with E-state index in [9.17, 15) is 17.6 Å². The molecular weight excluding hydrogens is 405 g/mol. The first-order chi connectivity index (χ1) is 14.4. The Morgan fingerprint density at radius 3 is 2.23 bits per heavy atom. The molecule has 0 aliphatic rings. The number of fused-ring (bicyclic) bond motifs is 1. The molecule has 0 bridgehead atoms. The summed E-state index contributed by atoms with van der Waals surface area (Å²) in [5.74, 6) is -0.396. The van der Waals surface area contributed by atoms with Crippen LogP contribution < -0.4 is 5.63 Å². The zero-order chi connectivity index (χ0) is 21.3. The molecule has 0 aliphatic carbocycles. The molecule has 0 saturated heterocycles. The third-order valence-electron chi connectivity index (χ3n) is 4.93. The SMILES string of the molecule is CN([C@H](c1ccccc1)c1ccc(F)cc1)S(=O)(=O)c1ccc2oc(=O)ccc2c1. The quantitative estimate of drug-likeness (QED) is 0.448. The highest BCUT2D eigenvalue weighted by Gasteiger charge is 2.30. The molecule has 0 amide bonds. The molecule has 30 heavy (non-hydrogen) atoms. The predicted octanol–water partition coefficient (Wildman–Crippen LogP) is 4.34. The molecule has 1 aromatic heterocycles. The van der Waals surface area contributed by atoms with Crippen LogP contribution in [0.1, 0.15) is 17.2 Å². The lowest BCUT2D eigenvalue weighted by Crippen LogP contribution is -2.32. The Hall–Kier alpha value is -3.29. The second kappa shape index (κ2) is 7.85. The summed E-state index contributed by atoms with van der Waals surface area (Å²) >= 11 is 0. The van der Waals surface area contributed by atoms with Crippen molar-refractivity contribution in [2.45, 2.75) is 10.9 Å². The standard InChI is InChI=1S/C23H18FNO4S/c1-25(23(16-5-3-2-4-6-16)17-7-10-19(24)11-8-17)30(27,28)20-12-13-21-18(15-20)9-14-22(26)29-21/h2-15,23H,1H3/t23-/m1/s1. The summed E-state index contributed by atoms with van der Waals surface area (Å²) in [6.07, 6.45) is 0. The maximum Gasteiger partial charge on any atom is 0.336 e. The van der Waals surface area contributed by atoms with Crippen molar-refractivity contribution in [1.82, 2.24) is 4.31 Å². The number of halogens is 1. The first-order valence-electron chi connectivity index (χ1n) is 9.18. The molecule has 0 aliphatic heterocycles. The molecule has 4 aromatic rings. The normalized spacial score (nSPS) is 12.9. The molecule has 152 valence electrons. The second-order valence-corrected chi connectivity index (χ2v) is 8.84. The van der Waals surface area contributed by atoms with E-state index in [4.69, 9.17) is 4.42 Å². The maximum absolute atomic E-state index is 13.5. The van der Waals surface area contributed by atoms with Gasteiger partial charge in [-0.15, -0.1) is 0 Å². The van der Waals surface area contributed by atoms with Gasteiger partial charge in [0.05, 0.1) is 10.9 Å². The van der Waals surface area contributed by atoms with E-state index in [-0.39, 0.29) is 4.90 Å². The molecule has 0 saturated carbocycles. The first kappa shape index (κ1) is 20.0. The Kier molecular flexibility index (Phi) is 5.24. The van der Waals surface area contributed by atoms with E-state index in [2.05, 4.69) is 0 Å². The van der Waals surface area contributed by atoms with Gasteiger partial charge in [0.1, 0.15) is 11.4 Å². The fraction of sp³-hybridized carbons (Fsp3) is 0.0870. The smallest absolute Gasteiger partial charge is 0.336 e. The molecule has 3 aromatic carbocycles. The fourth-order valence-electron chi connectivity index (χ4n) is 3.41. The van der Waals surface area contributed by atoms with Crippen LogP contribution in [0.2, 0.25) is 0 Å². The van der Waals surface area contributed by atoms with Crippen LogP contribution in [0.5, 0.6) is 0 Å². The Labute approximate surface area is 173 Å². The van der Waals surface area contributed by atoms with E-state index in [0.717, 1.165) is 5.56 Å². The van der Waals surface area contributed by atoms with Gasteiger partial charge in [-0.05, 0) is 47.5 Å². The Morgan fingerprint density at radius 1 is 0.867 bits per heavy atom. The third kappa shape index (κ3) is 3.77. The maximum atomic E-state index is 13.5. The molecule has 4 rings (SSSR count). The first-order valence-corrected chi connectivity index (χ1v) is 10.6. The van der Waals surface area contributed by atoms with Crippen LogP contribution >= 0.6 is 0 Å². The summed E-state index contributed by atoms with van der Waals surface area (Å²) in [5.41, 5.74) is 1.19. The highest BCUT2D eigenvalue weighted by Crippen LogP contribution is 2.32.